The fourth-order valence-electron chi connectivity index (χ4n) is 1.71. The third kappa shape index (κ3) is 2.52. The molecule has 0 amide bonds. The first-order valence-electron chi connectivity index (χ1n) is 5.35. The van der Waals surface area contributed by atoms with Crippen LogP contribution in [0.1, 0.15) is 5.56 Å². The maximum absolute atomic E-state index is 5.56. The van der Waals surface area contributed by atoms with Crippen LogP contribution in [-0.2, 0) is 11.2 Å². The molecule has 1 aliphatic rings. The fourth-order valence-corrected chi connectivity index (χ4v) is 1.71. The van der Waals surface area contributed by atoms with E-state index in [4.69, 9.17) is 15.2 Å². The predicted octanol–water partition coefficient (Wildman–Crippen LogP) is 0.994. The van der Waals surface area contributed by atoms with E-state index in [1.165, 1.54) is 5.56 Å². The Morgan fingerprint density at radius 1 is 1.44 bits per heavy atom. The SMILES string of the molecule is COc1ccc(CC2CN=C(CN)O2)cc1. The first kappa shape index (κ1) is 11.0. The first-order valence-corrected chi connectivity index (χ1v) is 5.35. The quantitative estimate of drug-likeness (QED) is 0.823. The van der Waals surface area contributed by atoms with Crippen molar-refractivity contribution in [3.8, 4) is 5.75 Å². The molecule has 2 rings (SSSR count). The van der Waals surface area contributed by atoms with Crippen molar-refractivity contribution in [2.24, 2.45) is 10.7 Å². The molecule has 0 radical (unpaired) electrons. The van der Waals surface area contributed by atoms with E-state index < -0.39 is 0 Å². The molecule has 0 spiro atoms. The molecule has 86 valence electrons. The number of ether oxygens (including phenoxy) is 2. The van der Waals surface area contributed by atoms with E-state index in [-0.39, 0.29) is 6.10 Å². The Balaban J connectivity index is 1.90. The highest BCUT2D eigenvalue weighted by Crippen LogP contribution is 2.15. The molecular formula is C12H16N2O2. The molecule has 0 saturated heterocycles. The van der Waals surface area contributed by atoms with Crippen LogP contribution in [0.15, 0.2) is 29.3 Å². The molecule has 1 aromatic rings. The molecule has 1 unspecified atom stereocenters. The number of nitrogens with zero attached hydrogens (tertiary/aromatic N) is 1. The van der Waals surface area contributed by atoms with Crippen molar-refractivity contribution < 1.29 is 9.47 Å². The monoisotopic (exact) mass is 220 g/mol. The third-order valence-corrected chi connectivity index (χ3v) is 2.57. The van der Waals surface area contributed by atoms with E-state index in [0.29, 0.717) is 19.0 Å². The van der Waals surface area contributed by atoms with E-state index in [2.05, 4.69) is 4.99 Å². The molecule has 0 bridgehead atoms. The first-order chi connectivity index (χ1) is 7.81. The molecule has 1 heterocycles. The minimum absolute atomic E-state index is 0.131. The summed E-state index contributed by atoms with van der Waals surface area (Å²) in [6.45, 7) is 1.09. The van der Waals surface area contributed by atoms with Gasteiger partial charge in [-0.25, -0.2) is 0 Å². The highest BCUT2D eigenvalue weighted by molar-refractivity contribution is 5.79. The number of rotatable bonds is 4. The lowest BCUT2D eigenvalue weighted by Crippen LogP contribution is -2.20. The summed E-state index contributed by atoms with van der Waals surface area (Å²) in [6, 6.07) is 8.00. The lowest BCUT2D eigenvalue weighted by atomic mass is 10.1. The van der Waals surface area contributed by atoms with Crippen LogP contribution in [0, 0.1) is 0 Å². The van der Waals surface area contributed by atoms with Crippen LogP contribution < -0.4 is 10.5 Å². The molecular weight excluding hydrogens is 204 g/mol. The van der Waals surface area contributed by atoms with Gasteiger partial charge in [-0.1, -0.05) is 12.1 Å². The molecule has 1 aromatic carbocycles. The molecule has 0 fully saturated rings. The van der Waals surface area contributed by atoms with E-state index >= 15 is 0 Å². The van der Waals surface area contributed by atoms with Crippen LogP contribution in [0.25, 0.3) is 0 Å². The van der Waals surface area contributed by atoms with Crippen molar-refractivity contribution in [3.05, 3.63) is 29.8 Å². The Hall–Kier alpha value is -1.55. The molecule has 0 saturated carbocycles. The van der Waals surface area contributed by atoms with Gasteiger partial charge in [0, 0.05) is 6.42 Å². The zero-order valence-electron chi connectivity index (χ0n) is 9.35. The van der Waals surface area contributed by atoms with Gasteiger partial charge in [-0.05, 0) is 17.7 Å². The van der Waals surface area contributed by atoms with E-state index in [1.807, 2.05) is 24.3 Å². The summed E-state index contributed by atoms with van der Waals surface area (Å²) in [7, 11) is 1.66. The van der Waals surface area contributed by atoms with Crippen molar-refractivity contribution >= 4 is 5.90 Å². The average molecular weight is 220 g/mol. The molecule has 2 N–H and O–H groups in total. The molecule has 0 aromatic heterocycles. The van der Waals surface area contributed by atoms with E-state index in [9.17, 15) is 0 Å². The minimum Gasteiger partial charge on any atom is -0.497 e. The van der Waals surface area contributed by atoms with Crippen LogP contribution in [0.5, 0.6) is 5.75 Å². The molecule has 1 atom stereocenters. The number of methoxy groups -OCH3 is 1. The smallest absolute Gasteiger partial charge is 0.197 e. The van der Waals surface area contributed by atoms with Gasteiger partial charge >= 0.3 is 0 Å². The van der Waals surface area contributed by atoms with Crippen molar-refractivity contribution in [2.75, 3.05) is 20.2 Å². The van der Waals surface area contributed by atoms with Crippen molar-refractivity contribution in [1.82, 2.24) is 0 Å². The average Bonchev–Trinajstić information content (AvgIpc) is 2.78. The third-order valence-electron chi connectivity index (χ3n) is 2.57. The van der Waals surface area contributed by atoms with Gasteiger partial charge in [0.2, 0.25) is 0 Å². The highest BCUT2D eigenvalue weighted by atomic mass is 16.5. The summed E-state index contributed by atoms with van der Waals surface area (Å²) in [4.78, 5) is 4.21. The van der Waals surface area contributed by atoms with Crippen LogP contribution in [0.4, 0.5) is 0 Å². The van der Waals surface area contributed by atoms with Gasteiger partial charge in [-0.3, -0.25) is 4.99 Å². The normalized spacial score (nSPS) is 19.1. The Labute approximate surface area is 95.1 Å². The maximum atomic E-state index is 5.56. The highest BCUT2D eigenvalue weighted by Gasteiger charge is 2.18. The number of hydrogen-bond acceptors (Lipinski definition) is 4. The second-order valence-corrected chi connectivity index (χ2v) is 3.73. The number of hydrogen-bond donors (Lipinski definition) is 1. The topological polar surface area (TPSA) is 56.8 Å². The second kappa shape index (κ2) is 4.99. The van der Waals surface area contributed by atoms with Gasteiger partial charge in [-0.15, -0.1) is 0 Å². The number of nitrogens with two attached hydrogens (primary N) is 1. The van der Waals surface area contributed by atoms with Crippen molar-refractivity contribution in [1.29, 1.82) is 0 Å². The fraction of sp³-hybridized carbons (Fsp3) is 0.417. The summed E-state index contributed by atoms with van der Waals surface area (Å²) in [5.41, 5.74) is 6.68. The number of benzene rings is 1. The summed E-state index contributed by atoms with van der Waals surface area (Å²) in [5, 5.41) is 0. The van der Waals surface area contributed by atoms with Gasteiger partial charge in [0.05, 0.1) is 20.2 Å². The zero-order valence-corrected chi connectivity index (χ0v) is 9.35. The Morgan fingerprint density at radius 2 is 2.19 bits per heavy atom. The van der Waals surface area contributed by atoms with Gasteiger partial charge in [0.25, 0.3) is 0 Å². The van der Waals surface area contributed by atoms with Gasteiger partial charge in [-0.2, -0.15) is 0 Å². The van der Waals surface area contributed by atoms with Crippen LogP contribution >= 0.6 is 0 Å². The summed E-state index contributed by atoms with van der Waals surface area (Å²) in [6.07, 6.45) is 0.990. The molecule has 0 aliphatic carbocycles. The van der Waals surface area contributed by atoms with Gasteiger partial charge < -0.3 is 15.2 Å². The lowest BCUT2D eigenvalue weighted by molar-refractivity contribution is 0.221. The summed E-state index contributed by atoms with van der Waals surface area (Å²) >= 11 is 0. The predicted molar refractivity (Wildman–Crippen MR) is 62.9 cm³/mol. The van der Waals surface area contributed by atoms with Gasteiger partial charge in [0.1, 0.15) is 11.9 Å². The summed E-state index contributed by atoms with van der Waals surface area (Å²) in [5.74, 6) is 1.54. The molecule has 4 nitrogen and oxygen atoms in total. The van der Waals surface area contributed by atoms with Crippen molar-refractivity contribution in [2.45, 2.75) is 12.5 Å². The Kier molecular flexibility index (Phi) is 3.41. The Morgan fingerprint density at radius 3 is 2.75 bits per heavy atom. The summed E-state index contributed by atoms with van der Waals surface area (Å²) < 4.78 is 10.7. The van der Waals surface area contributed by atoms with Crippen LogP contribution in [0.2, 0.25) is 0 Å². The zero-order chi connectivity index (χ0) is 11.4. The van der Waals surface area contributed by atoms with Crippen molar-refractivity contribution in [3.63, 3.8) is 0 Å². The van der Waals surface area contributed by atoms with E-state index in [0.717, 1.165) is 12.2 Å². The Bertz CT molecular complexity index is 373. The lowest BCUT2D eigenvalue weighted by Gasteiger charge is -2.10. The largest absolute Gasteiger partial charge is 0.497 e. The number of aliphatic imine (C=N–C) groups is 1. The van der Waals surface area contributed by atoms with Gasteiger partial charge in [0.15, 0.2) is 5.90 Å². The van der Waals surface area contributed by atoms with E-state index in [1.54, 1.807) is 7.11 Å². The molecule has 4 heteroatoms. The second-order valence-electron chi connectivity index (χ2n) is 3.73. The van der Waals surface area contributed by atoms with Crippen LogP contribution in [-0.4, -0.2) is 32.2 Å². The maximum Gasteiger partial charge on any atom is 0.197 e. The standard InChI is InChI=1S/C12H16N2O2/c1-15-10-4-2-9(3-5-10)6-11-8-14-12(7-13)16-11/h2-5,11H,6-8,13H2,1H3. The molecule has 1 aliphatic heterocycles. The molecule has 16 heavy (non-hydrogen) atoms. The minimum atomic E-state index is 0.131. The van der Waals surface area contributed by atoms with Crippen LogP contribution in [0.3, 0.4) is 0 Å².